The Morgan fingerprint density at radius 1 is 0.767 bits per heavy atom. The van der Waals surface area contributed by atoms with Gasteiger partial charge in [-0.25, -0.2) is 22.0 Å². The molecule has 0 aliphatic carbocycles. The van der Waals surface area contributed by atoms with Gasteiger partial charge in [-0.05, 0) is 47.9 Å². The summed E-state index contributed by atoms with van der Waals surface area (Å²) in [5.74, 6) is -6.55. The van der Waals surface area contributed by atoms with Crippen LogP contribution in [-0.2, 0) is 12.8 Å². The topological polar surface area (TPSA) is 0 Å². The van der Waals surface area contributed by atoms with Crippen molar-refractivity contribution in [1.29, 1.82) is 0 Å². The minimum atomic E-state index is -1.45. The molecule has 0 nitrogen and oxygen atoms in total. The third kappa shape index (κ3) is 4.25. The lowest BCUT2D eigenvalue weighted by Crippen LogP contribution is -2.00. The molecule has 3 aromatic rings. The van der Waals surface area contributed by atoms with Gasteiger partial charge in [0.1, 0.15) is 5.82 Å². The molecule has 0 aliphatic heterocycles. The number of hydrogen-bond acceptors (Lipinski definition) is 0. The Bertz CT molecular complexity index is 1080. The summed E-state index contributed by atoms with van der Waals surface area (Å²) >= 11 is 0. The highest BCUT2D eigenvalue weighted by atomic mass is 19.2. The van der Waals surface area contributed by atoms with Crippen molar-refractivity contribution in [3.8, 4) is 0 Å². The highest BCUT2D eigenvalue weighted by molar-refractivity contribution is 5.91. The van der Waals surface area contributed by atoms with Gasteiger partial charge in [0, 0.05) is 11.1 Å². The van der Waals surface area contributed by atoms with Crippen LogP contribution in [0.15, 0.2) is 42.5 Å². The van der Waals surface area contributed by atoms with Crippen molar-refractivity contribution >= 4 is 22.4 Å². The summed E-state index contributed by atoms with van der Waals surface area (Å²) < 4.78 is 73.4. The summed E-state index contributed by atoms with van der Waals surface area (Å²) in [6.45, 7) is 3.92. The van der Waals surface area contributed by atoms with E-state index in [1.165, 1.54) is 24.3 Å². The van der Waals surface area contributed by atoms with Crippen molar-refractivity contribution in [2.24, 2.45) is 0 Å². The van der Waals surface area contributed by atoms with Crippen LogP contribution in [0.25, 0.3) is 22.4 Å². The van der Waals surface area contributed by atoms with Crippen LogP contribution in [0.4, 0.5) is 22.0 Å². The molecule has 5 heteroatoms. The Balaban J connectivity index is 2.07. The van der Waals surface area contributed by atoms with E-state index in [4.69, 9.17) is 0 Å². The molecule has 0 atom stereocenters. The second-order valence-electron chi connectivity index (χ2n) is 7.32. The number of hydrogen-bond donors (Lipinski definition) is 0. The minimum Gasteiger partial charge on any atom is -0.205 e. The zero-order chi connectivity index (χ0) is 21.8. The van der Waals surface area contributed by atoms with Crippen LogP contribution in [0, 0.1) is 17.5 Å². The monoisotopic (exact) mass is 418 g/mol. The summed E-state index contributed by atoms with van der Waals surface area (Å²) in [5, 5.41) is -0.560. The van der Waals surface area contributed by atoms with Crippen molar-refractivity contribution < 1.29 is 22.0 Å². The largest absolute Gasteiger partial charge is 0.205 e. The molecule has 0 aromatic heterocycles. The molecule has 3 rings (SSSR count). The summed E-state index contributed by atoms with van der Waals surface area (Å²) in [6, 6.07) is 9.80. The normalized spacial score (nSPS) is 12.4. The smallest absolute Gasteiger partial charge is 0.169 e. The number of halogens is 5. The second kappa shape index (κ2) is 9.41. The molecular formula is C25H23F5. The molecule has 0 saturated carbocycles. The fourth-order valence-electron chi connectivity index (χ4n) is 3.48. The molecule has 0 unspecified atom stereocenters. The number of unbranched alkanes of at least 4 members (excludes halogenated alkanes) is 2. The first-order valence-corrected chi connectivity index (χ1v) is 10.1. The molecule has 0 bridgehead atoms. The SMILES string of the molecule is CCCCCc1cc2ccc(C(F)=C(F)c3ccc(CC)cc3)c(F)c2c(F)c1F. The predicted octanol–water partition coefficient (Wildman–Crippen LogP) is 8.32. The molecule has 0 radical (unpaired) electrons. The molecule has 0 heterocycles. The fraction of sp³-hybridized carbons (Fsp3) is 0.280. The van der Waals surface area contributed by atoms with Crippen LogP contribution in [0.5, 0.6) is 0 Å². The maximum Gasteiger partial charge on any atom is 0.169 e. The van der Waals surface area contributed by atoms with Gasteiger partial charge < -0.3 is 0 Å². The summed E-state index contributed by atoms with van der Waals surface area (Å²) in [6.07, 6.45) is 3.53. The molecule has 0 saturated heterocycles. The lowest BCUT2D eigenvalue weighted by molar-refractivity contribution is 0.499. The van der Waals surface area contributed by atoms with Crippen LogP contribution >= 0.6 is 0 Å². The van der Waals surface area contributed by atoms with Gasteiger partial charge in [-0.2, -0.15) is 0 Å². The van der Waals surface area contributed by atoms with Crippen LogP contribution in [0.1, 0.15) is 55.4 Å². The standard InChI is InChI=1S/C25H23F5/c1-3-5-6-7-18-14-17-12-13-19(23(28)20(17)25(30)22(18)27)24(29)21(26)16-10-8-15(4-2)9-11-16/h8-14H,3-7H2,1-2H3. The van der Waals surface area contributed by atoms with E-state index >= 15 is 0 Å². The third-order valence-electron chi connectivity index (χ3n) is 5.29. The van der Waals surface area contributed by atoms with Gasteiger partial charge in [0.25, 0.3) is 0 Å². The van der Waals surface area contributed by atoms with Crippen molar-refractivity contribution in [3.63, 3.8) is 0 Å². The van der Waals surface area contributed by atoms with E-state index < -0.39 is 40.1 Å². The van der Waals surface area contributed by atoms with Crippen molar-refractivity contribution in [2.45, 2.75) is 46.0 Å². The van der Waals surface area contributed by atoms with E-state index in [0.29, 0.717) is 12.8 Å². The summed E-state index contributed by atoms with van der Waals surface area (Å²) in [5.41, 5.74) is 0.300. The Hall–Kier alpha value is -2.69. The van der Waals surface area contributed by atoms with Crippen LogP contribution in [-0.4, -0.2) is 0 Å². The lowest BCUT2D eigenvalue weighted by Gasteiger charge is -2.11. The first kappa shape index (κ1) is 22.0. The first-order valence-electron chi connectivity index (χ1n) is 10.1. The van der Waals surface area contributed by atoms with Crippen molar-refractivity contribution in [1.82, 2.24) is 0 Å². The molecule has 0 aliphatic rings. The maximum absolute atomic E-state index is 14.9. The van der Waals surface area contributed by atoms with Gasteiger partial charge >= 0.3 is 0 Å². The first-order chi connectivity index (χ1) is 14.4. The van der Waals surface area contributed by atoms with Gasteiger partial charge in [0.05, 0.1) is 5.39 Å². The molecular weight excluding hydrogens is 395 g/mol. The van der Waals surface area contributed by atoms with E-state index in [0.717, 1.165) is 30.9 Å². The van der Waals surface area contributed by atoms with E-state index in [1.807, 2.05) is 13.8 Å². The summed E-state index contributed by atoms with van der Waals surface area (Å²) in [7, 11) is 0. The Morgan fingerprint density at radius 3 is 2.10 bits per heavy atom. The zero-order valence-electron chi connectivity index (χ0n) is 17.0. The minimum absolute atomic E-state index is 0.0536. The fourth-order valence-corrected chi connectivity index (χ4v) is 3.48. The van der Waals surface area contributed by atoms with E-state index in [-0.39, 0.29) is 16.5 Å². The van der Waals surface area contributed by atoms with E-state index in [2.05, 4.69) is 0 Å². The Labute approximate surface area is 173 Å². The van der Waals surface area contributed by atoms with Crippen LogP contribution in [0.2, 0.25) is 0 Å². The average Bonchev–Trinajstić information content (AvgIpc) is 2.76. The summed E-state index contributed by atoms with van der Waals surface area (Å²) in [4.78, 5) is 0. The molecule has 0 amide bonds. The average molecular weight is 418 g/mol. The zero-order valence-corrected chi connectivity index (χ0v) is 17.0. The number of benzene rings is 3. The molecule has 0 spiro atoms. The quantitative estimate of drug-likeness (QED) is 0.206. The predicted molar refractivity (Wildman–Crippen MR) is 112 cm³/mol. The van der Waals surface area contributed by atoms with Gasteiger partial charge in [-0.3, -0.25) is 0 Å². The second-order valence-corrected chi connectivity index (χ2v) is 7.32. The molecule has 3 aromatic carbocycles. The van der Waals surface area contributed by atoms with Crippen LogP contribution < -0.4 is 0 Å². The van der Waals surface area contributed by atoms with Crippen molar-refractivity contribution in [2.75, 3.05) is 0 Å². The molecule has 30 heavy (non-hydrogen) atoms. The van der Waals surface area contributed by atoms with Gasteiger partial charge in [0.2, 0.25) is 0 Å². The van der Waals surface area contributed by atoms with E-state index in [9.17, 15) is 22.0 Å². The van der Waals surface area contributed by atoms with Gasteiger partial charge in [-0.1, -0.05) is 57.0 Å². The number of aryl methyl sites for hydroxylation is 2. The highest BCUT2D eigenvalue weighted by Crippen LogP contribution is 2.35. The van der Waals surface area contributed by atoms with Crippen LogP contribution in [0.3, 0.4) is 0 Å². The third-order valence-corrected chi connectivity index (χ3v) is 5.29. The Morgan fingerprint density at radius 2 is 1.47 bits per heavy atom. The maximum atomic E-state index is 14.9. The highest BCUT2D eigenvalue weighted by Gasteiger charge is 2.22. The molecule has 0 N–H and O–H groups in total. The number of rotatable bonds is 7. The number of fused-ring (bicyclic) bond motifs is 1. The van der Waals surface area contributed by atoms with Gasteiger partial charge in [-0.15, -0.1) is 0 Å². The molecule has 158 valence electrons. The lowest BCUT2D eigenvalue weighted by atomic mass is 9.98. The molecule has 0 fully saturated rings. The Kier molecular flexibility index (Phi) is 6.91. The van der Waals surface area contributed by atoms with Crippen molar-refractivity contribution in [3.05, 3.63) is 82.2 Å². The van der Waals surface area contributed by atoms with Gasteiger partial charge in [0.15, 0.2) is 23.3 Å². The van der Waals surface area contributed by atoms with E-state index in [1.54, 1.807) is 12.1 Å².